The number of hydrogen-bond acceptors (Lipinski definition) is 3. The molecule has 148 valence electrons. The number of carbonyl (C=O) groups is 2. The Bertz CT molecular complexity index is 1020. The Morgan fingerprint density at radius 1 is 0.862 bits per heavy atom. The number of rotatable bonds is 6. The maximum absolute atomic E-state index is 12.4. The van der Waals surface area contributed by atoms with Crippen LogP contribution in [0.5, 0.6) is 0 Å². The minimum atomic E-state index is -0.578. The van der Waals surface area contributed by atoms with Gasteiger partial charge in [0.15, 0.2) is 0 Å². The van der Waals surface area contributed by atoms with E-state index in [1.54, 1.807) is 36.0 Å². The van der Waals surface area contributed by atoms with Crippen LogP contribution in [0.1, 0.15) is 27.0 Å². The molecule has 3 aromatic carbocycles. The maximum atomic E-state index is 12.4. The van der Waals surface area contributed by atoms with Crippen molar-refractivity contribution < 1.29 is 9.59 Å². The number of aryl methyl sites for hydroxylation is 2. The Labute approximate surface area is 174 Å². The zero-order valence-corrected chi connectivity index (χ0v) is 17.2. The van der Waals surface area contributed by atoms with Crippen molar-refractivity contribution in [3.63, 3.8) is 0 Å². The number of benzene rings is 3. The Morgan fingerprint density at radius 3 is 2.14 bits per heavy atom. The highest BCUT2D eigenvalue weighted by Crippen LogP contribution is 2.29. The molecule has 0 fully saturated rings. The van der Waals surface area contributed by atoms with Gasteiger partial charge in [0, 0.05) is 27.6 Å². The number of nitrogens with one attached hydrogen (secondary N) is 2. The smallest absolute Gasteiger partial charge is 0.312 e. The van der Waals surface area contributed by atoms with Crippen molar-refractivity contribution in [2.24, 2.45) is 5.73 Å². The lowest BCUT2D eigenvalue weighted by Crippen LogP contribution is -2.28. The summed E-state index contributed by atoms with van der Waals surface area (Å²) in [6, 6.07) is 20.6. The summed E-state index contributed by atoms with van der Waals surface area (Å²) in [4.78, 5) is 25.5. The highest BCUT2D eigenvalue weighted by Gasteiger charge is 2.07. The van der Waals surface area contributed by atoms with Crippen LogP contribution in [0.15, 0.2) is 76.5 Å². The lowest BCUT2D eigenvalue weighted by molar-refractivity contribution is 0.102. The third kappa shape index (κ3) is 5.86. The van der Waals surface area contributed by atoms with Gasteiger partial charge in [0.1, 0.15) is 0 Å². The quantitative estimate of drug-likeness (QED) is 0.547. The molecule has 3 aromatic rings. The number of anilines is 1. The summed E-state index contributed by atoms with van der Waals surface area (Å²) in [6.45, 7) is 4.54. The van der Waals surface area contributed by atoms with Crippen molar-refractivity contribution >= 4 is 29.4 Å². The third-order valence-electron chi connectivity index (χ3n) is 4.51. The fourth-order valence-corrected chi connectivity index (χ4v) is 3.60. The van der Waals surface area contributed by atoms with Crippen molar-refractivity contribution in [2.45, 2.75) is 30.2 Å². The zero-order chi connectivity index (χ0) is 20.8. The number of carbonyl (C=O) groups excluding carboxylic acids is 2. The van der Waals surface area contributed by atoms with Gasteiger partial charge >= 0.3 is 6.03 Å². The first-order valence-corrected chi connectivity index (χ1v) is 10.0. The summed E-state index contributed by atoms with van der Waals surface area (Å²) in [6.07, 6.45) is 0. The van der Waals surface area contributed by atoms with E-state index in [2.05, 4.69) is 42.7 Å². The highest BCUT2D eigenvalue weighted by molar-refractivity contribution is 7.99. The molecule has 29 heavy (non-hydrogen) atoms. The van der Waals surface area contributed by atoms with Crippen LogP contribution < -0.4 is 16.4 Å². The molecule has 0 saturated carbocycles. The number of hydrogen-bond donors (Lipinski definition) is 3. The van der Waals surface area contributed by atoms with Gasteiger partial charge in [0.05, 0.1) is 0 Å². The van der Waals surface area contributed by atoms with E-state index in [0.29, 0.717) is 12.1 Å². The van der Waals surface area contributed by atoms with E-state index in [1.165, 1.54) is 16.0 Å². The molecule has 0 radical (unpaired) electrons. The first kappa shape index (κ1) is 20.5. The van der Waals surface area contributed by atoms with Gasteiger partial charge in [0.2, 0.25) is 0 Å². The van der Waals surface area contributed by atoms with Gasteiger partial charge in [0.25, 0.3) is 5.91 Å². The molecule has 5 nitrogen and oxygen atoms in total. The maximum Gasteiger partial charge on any atom is 0.312 e. The van der Waals surface area contributed by atoms with E-state index in [4.69, 9.17) is 5.73 Å². The van der Waals surface area contributed by atoms with Crippen LogP contribution in [0.3, 0.4) is 0 Å². The van der Waals surface area contributed by atoms with Crippen LogP contribution >= 0.6 is 11.8 Å². The Kier molecular flexibility index (Phi) is 6.57. The summed E-state index contributed by atoms with van der Waals surface area (Å²) in [7, 11) is 0. The Morgan fingerprint density at radius 2 is 1.52 bits per heavy atom. The standard InChI is InChI=1S/C23H23N3O2S/c1-15-3-10-21(13-16(15)2)29-20-11-8-19(9-12-20)26-22(27)18-6-4-17(5-7-18)14-25-23(24)28/h3-13H,14H2,1-2H3,(H,26,27)(H3,24,25,28). The second-order valence-electron chi connectivity index (χ2n) is 6.74. The van der Waals surface area contributed by atoms with E-state index >= 15 is 0 Å². The number of amides is 3. The van der Waals surface area contributed by atoms with Gasteiger partial charge in [-0.1, -0.05) is 30.0 Å². The highest BCUT2D eigenvalue weighted by atomic mass is 32.2. The molecule has 0 aliphatic heterocycles. The van der Waals surface area contributed by atoms with E-state index in [-0.39, 0.29) is 5.91 Å². The zero-order valence-electron chi connectivity index (χ0n) is 16.4. The van der Waals surface area contributed by atoms with Crippen molar-refractivity contribution in [3.05, 3.63) is 89.0 Å². The van der Waals surface area contributed by atoms with Crippen LogP contribution in [0, 0.1) is 13.8 Å². The summed E-state index contributed by atoms with van der Waals surface area (Å²) in [5, 5.41) is 5.41. The monoisotopic (exact) mass is 405 g/mol. The average Bonchev–Trinajstić information content (AvgIpc) is 2.71. The fraction of sp³-hybridized carbons (Fsp3) is 0.130. The number of primary amides is 1. The predicted molar refractivity (Wildman–Crippen MR) is 117 cm³/mol. The van der Waals surface area contributed by atoms with Crippen molar-refractivity contribution in [1.29, 1.82) is 0 Å². The molecular formula is C23H23N3O2S. The summed E-state index contributed by atoms with van der Waals surface area (Å²) in [5.41, 5.74) is 9.76. The third-order valence-corrected chi connectivity index (χ3v) is 5.51. The molecule has 6 heteroatoms. The van der Waals surface area contributed by atoms with Gasteiger partial charge in [-0.05, 0) is 79.1 Å². The van der Waals surface area contributed by atoms with Gasteiger partial charge in [-0.2, -0.15) is 0 Å². The summed E-state index contributed by atoms with van der Waals surface area (Å²) in [5.74, 6) is -0.186. The Hall–Kier alpha value is -3.25. The fourth-order valence-electron chi connectivity index (χ4n) is 2.69. The van der Waals surface area contributed by atoms with Gasteiger partial charge in [-0.3, -0.25) is 4.79 Å². The van der Waals surface area contributed by atoms with E-state index in [1.807, 2.05) is 24.3 Å². The van der Waals surface area contributed by atoms with Crippen LogP contribution in [0.25, 0.3) is 0 Å². The van der Waals surface area contributed by atoms with Crippen LogP contribution in [0.4, 0.5) is 10.5 Å². The van der Waals surface area contributed by atoms with Crippen LogP contribution in [-0.2, 0) is 6.54 Å². The van der Waals surface area contributed by atoms with Gasteiger partial charge < -0.3 is 16.4 Å². The first-order chi connectivity index (χ1) is 13.9. The SMILES string of the molecule is Cc1ccc(Sc2ccc(NC(=O)c3ccc(CNC(N)=O)cc3)cc2)cc1C. The molecule has 0 aliphatic carbocycles. The predicted octanol–water partition coefficient (Wildman–Crippen LogP) is 4.88. The molecule has 0 unspecified atom stereocenters. The number of urea groups is 1. The molecule has 4 N–H and O–H groups in total. The van der Waals surface area contributed by atoms with Crippen LogP contribution in [-0.4, -0.2) is 11.9 Å². The summed E-state index contributed by atoms with van der Waals surface area (Å²) >= 11 is 1.69. The normalized spacial score (nSPS) is 10.4. The molecule has 3 rings (SSSR count). The minimum Gasteiger partial charge on any atom is -0.352 e. The lowest BCUT2D eigenvalue weighted by Gasteiger charge is -2.08. The number of nitrogens with two attached hydrogens (primary N) is 1. The molecule has 0 spiro atoms. The van der Waals surface area contributed by atoms with Crippen LogP contribution in [0.2, 0.25) is 0 Å². The largest absolute Gasteiger partial charge is 0.352 e. The van der Waals surface area contributed by atoms with Gasteiger partial charge in [-0.25, -0.2) is 4.79 Å². The lowest BCUT2D eigenvalue weighted by atomic mass is 10.1. The topological polar surface area (TPSA) is 84.2 Å². The molecule has 3 amide bonds. The van der Waals surface area contributed by atoms with E-state index in [0.717, 1.165) is 16.1 Å². The Balaban J connectivity index is 1.59. The first-order valence-electron chi connectivity index (χ1n) is 9.19. The molecule has 0 aromatic heterocycles. The molecule has 0 atom stereocenters. The second-order valence-corrected chi connectivity index (χ2v) is 7.89. The van der Waals surface area contributed by atoms with Crippen molar-refractivity contribution in [2.75, 3.05) is 5.32 Å². The van der Waals surface area contributed by atoms with Crippen molar-refractivity contribution in [3.8, 4) is 0 Å². The minimum absolute atomic E-state index is 0.186. The summed E-state index contributed by atoms with van der Waals surface area (Å²) < 4.78 is 0. The van der Waals surface area contributed by atoms with Crippen molar-refractivity contribution in [1.82, 2.24) is 5.32 Å². The van der Waals surface area contributed by atoms with Gasteiger partial charge in [-0.15, -0.1) is 0 Å². The molecule has 0 aliphatic rings. The molecule has 0 heterocycles. The van der Waals surface area contributed by atoms with E-state index < -0.39 is 6.03 Å². The average molecular weight is 406 g/mol. The molecule has 0 saturated heterocycles. The molecular weight excluding hydrogens is 382 g/mol. The van der Waals surface area contributed by atoms with E-state index in [9.17, 15) is 9.59 Å². The molecule has 0 bridgehead atoms. The second kappa shape index (κ2) is 9.30.